The number of nitrogens with one attached hydrogen (secondary N) is 1. The van der Waals surface area contributed by atoms with Crippen molar-refractivity contribution in [2.24, 2.45) is 5.92 Å². The predicted octanol–water partition coefficient (Wildman–Crippen LogP) is 3.89. The molecular formula is C15H22ClNO2S. The number of hydrogen-bond donors (Lipinski definition) is 1. The maximum absolute atomic E-state index is 6.18. The van der Waals surface area contributed by atoms with E-state index in [0.29, 0.717) is 11.1 Å². The SMILES string of the molecule is CNC(c1ccoc1Cl)C1CCOC2(CCSCC2)C1. The zero-order valence-electron chi connectivity index (χ0n) is 11.9. The quantitative estimate of drug-likeness (QED) is 0.917. The lowest BCUT2D eigenvalue weighted by atomic mass is 9.77. The summed E-state index contributed by atoms with van der Waals surface area (Å²) in [6.45, 7) is 0.864. The molecule has 3 heterocycles. The Kier molecular flexibility index (Phi) is 4.65. The van der Waals surface area contributed by atoms with E-state index in [2.05, 4.69) is 5.32 Å². The lowest BCUT2D eigenvalue weighted by molar-refractivity contribution is -0.107. The minimum absolute atomic E-state index is 0.111. The summed E-state index contributed by atoms with van der Waals surface area (Å²) in [5.41, 5.74) is 1.20. The molecule has 2 aliphatic rings. The number of ether oxygens (including phenoxy) is 1. The van der Waals surface area contributed by atoms with Crippen LogP contribution in [-0.2, 0) is 4.74 Å². The molecule has 5 heteroatoms. The van der Waals surface area contributed by atoms with Crippen molar-refractivity contribution in [1.29, 1.82) is 0 Å². The fourth-order valence-electron chi connectivity index (χ4n) is 3.61. The van der Waals surface area contributed by atoms with Crippen LogP contribution in [0.5, 0.6) is 0 Å². The zero-order valence-corrected chi connectivity index (χ0v) is 13.4. The Morgan fingerprint density at radius 1 is 1.45 bits per heavy atom. The first-order valence-corrected chi connectivity index (χ1v) is 8.89. The smallest absolute Gasteiger partial charge is 0.197 e. The normalized spacial score (nSPS) is 27.6. The first-order chi connectivity index (χ1) is 9.74. The summed E-state index contributed by atoms with van der Waals surface area (Å²) in [4.78, 5) is 0. The monoisotopic (exact) mass is 315 g/mol. The van der Waals surface area contributed by atoms with Gasteiger partial charge in [0.15, 0.2) is 5.22 Å². The van der Waals surface area contributed by atoms with Gasteiger partial charge in [0.05, 0.1) is 11.9 Å². The van der Waals surface area contributed by atoms with Crippen molar-refractivity contribution in [3.8, 4) is 0 Å². The van der Waals surface area contributed by atoms with Crippen LogP contribution < -0.4 is 5.32 Å². The standard InChI is InChI=1S/C15H22ClNO2S/c1-17-13(12-3-6-18-14(12)16)11-2-7-19-15(10-11)4-8-20-9-5-15/h3,6,11,13,17H,2,4-5,7-10H2,1H3. The molecule has 2 atom stereocenters. The van der Waals surface area contributed by atoms with Crippen molar-refractivity contribution in [3.05, 3.63) is 23.1 Å². The second kappa shape index (κ2) is 6.30. The molecule has 2 unspecified atom stereocenters. The molecular weight excluding hydrogens is 294 g/mol. The highest BCUT2D eigenvalue weighted by molar-refractivity contribution is 7.99. The van der Waals surface area contributed by atoms with E-state index in [4.69, 9.17) is 20.8 Å². The molecule has 0 bridgehead atoms. The zero-order chi connectivity index (χ0) is 14.0. The van der Waals surface area contributed by atoms with Crippen molar-refractivity contribution in [3.63, 3.8) is 0 Å². The van der Waals surface area contributed by atoms with Gasteiger partial charge in [0.2, 0.25) is 0 Å². The first kappa shape index (κ1) is 14.8. The molecule has 0 radical (unpaired) electrons. The second-order valence-electron chi connectivity index (χ2n) is 5.81. The Labute approximate surface area is 129 Å². The average Bonchev–Trinajstić information content (AvgIpc) is 2.87. The fourth-order valence-corrected chi connectivity index (χ4v) is 5.08. The van der Waals surface area contributed by atoms with E-state index in [-0.39, 0.29) is 11.6 Å². The molecule has 1 N–H and O–H groups in total. The van der Waals surface area contributed by atoms with Crippen LogP contribution in [-0.4, -0.2) is 30.8 Å². The minimum atomic E-state index is 0.111. The number of hydrogen-bond acceptors (Lipinski definition) is 4. The molecule has 2 aliphatic heterocycles. The summed E-state index contributed by atoms with van der Waals surface area (Å²) in [5.74, 6) is 3.01. The Morgan fingerprint density at radius 3 is 2.90 bits per heavy atom. The molecule has 1 aromatic heterocycles. The summed E-state index contributed by atoms with van der Waals surface area (Å²) >= 11 is 8.21. The van der Waals surface area contributed by atoms with Gasteiger partial charge in [0.1, 0.15) is 0 Å². The highest BCUT2D eigenvalue weighted by Gasteiger charge is 2.41. The molecule has 2 saturated heterocycles. The van der Waals surface area contributed by atoms with Gasteiger partial charge in [0, 0.05) is 18.2 Å². The number of thioether (sulfide) groups is 1. The van der Waals surface area contributed by atoms with Crippen LogP contribution in [0.15, 0.2) is 16.7 Å². The topological polar surface area (TPSA) is 34.4 Å². The third-order valence-corrected chi connectivity index (χ3v) is 5.99. The summed E-state index contributed by atoms with van der Waals surface area (Å²) in [6.07, 6.45) is 6.25. The molecule has 3 rings (SSSR count). The lowest BCUT2D eigenvalue weighted by Crippen LogP contribution is -2.45. The number of rotatable bonds is 3. The molecule has 1 aromatic rings. The van der Waals surface area contributed by atoms with Crippen molar-refractivity contribution >= 4 is 23.4 Å². The minimum Gasteiger partial charge on any atom is -0.453 e. The predicted molar refractivity (Wildman–Crippen MR) is 83.5 cm³/mol. The Balaban J connectivity index is 1.76. The van der Waals surface area contributed by atoms with E-state index in [0.717, 1.165) is 25.0 Å². The largest absolute Gasteiger partial charge is 0.453 e. The van der Waals surface area contributed by atoms with Crippen LogP contribution in [0.1, 0.15) is 37.3 Å². The lowest BCUT2D eigenvalue weighted by Gasteiger charge is -2.45. The molecule has 0 aromatic carbocycles. The van der Waals surface area contributed by atoms with Gasteiger partial charge in [-0.25, -0.2) is 0 Å². The first-order valence-electron chi connectivity index (χ1n) is 7.36. The van der Waals surface area contributed by atoms with E-state index >= 15 is 0 Å². The van der Waals surface area contributed by atoms with Crippen LogP contribution in [0.3, 0.4) is 0 Å². The van der Waals surface area contributed by atoms with Crippen molar-refractivity contribution < 1.29 is 9.15 Å². The Bertz CT molecular complexity index is 439. The van der Waals surface area contributed by atoms with Gasteiger partial charge in [0.25, 0.3) is 0 Å². The second-order valence-corrected chi connectivity index (χ2v) is 7.38. The molecule has 2 fully saturated rings. The third-order valence-electron chi connectivity index (χ3n) is 4.70. The molecule has 112 valence electrons. The Hall–Kier alpha value is -0.160. The summed E-state index contributed by atoms with van der Waals surface area (Å²) in [5, 5.41) is 3.95. The van der Waals surface area contributed by atoms with Gasteiger partial charge in [-0.1, -0.05) is 0 Å². The van der Waals surface area contributed by atoms with E-state index in [1.165, 1.54) is 24.3 Å². The van der Waals surface area contributed by atoms with E-state index < -0.39 is 0 Å². The van der Waals surface area contributed by atoms with Gasteiger partial charge in [-0.05, 0) is 67.8 Å². The van der Waals surface area contributed by atoms with Gasteiger partial charge >= 0.3 is 0 Å². The maximum Gasteiger partial charge on any atom is 0.197 e. The molecule has 3 nitrogen and oxygen atoms in total. The fraction of sp³-hybridized carbons (Fsp3) is 0.733. The number of halogens is 1. The molecule has 0 aliphatic carbocycles. The van der Waals surface area contributed by atoms with Gasteiger partial charge in [-0.2, -0.15) is 11.8 Å². The summed E-state index contributed by atoms with van der Waals surface area (Å²) < 4.78 is 11.4. The molecule has 1 spiro atoms. The van der Waals surface area contributed by atoms with Crippen LogP contribution in [0.4, 0.5) is 0 Å². The van der Waals surface area contributed by atoms with Crippen LogP contribution in [0.2, 0.25) is 5.22 Å². The highest BCUT2D eigenvalue weighted by Crippen LogP contribution is 2.44. The van der Waals surface area contributed by atoms with E-state index in [9.17, 15) is 0 Å². The highest BCUT2D eigenvalue weighted by atomic mass is 35.5. The summed E-state index contributed by atoms with van der Waals surface area (Å²) in [7, 11) is 2.01. The van der Waals surface area contributed by atoms with Gasteiger partial charge < -0.3 is 14.5 Å². The Morgan fingerprint density at radius 2 is 2.25 bits per heavy atom. The van der Waals surface area contributed by atoms with E-state index in [1.807, 2.05) is 24.9 Å². The molecule has 0 amide bonds. The molecule has 0 saturated carbocycles. The van der Waals surface area contributed by atoms with Crippen molar-refractivity contribution in [2.75, 3.05) is 25.2 Å². The van der Waals surface area contributed by atoms with Gasteiger partial charge in [-0.3, -0.25) is 0 Å². The van der Waals surface area contributed by atoms with Gasteiger partial charge in [-0.15, -0.1) is 0 Å². The maximum atomic E-state index is 6.18. The number of furan rings is 1. The van der Waals surface area contributed by atoms with Crippen LogP contribution >= 0.6 is 23.4 Å². The van der Waals surface area contributed by atoms with Crippen LogP contribution in [0.25, 0.3) is 0 Å². The average molecular weight is 316 g/mol. The third kappa shape index (κ3) is 2.89. The van der Waals surface area contributed by atoms with E-state index in [1.54, 1.807) is 6.26 Å². The van der Waals surface area contributed by atoms with Crippen molar-refractivity contribution in [2.45, 2.75) is 37.3 Å². The van der Waals surface area contributed by atoms with Crippen LogP contribution in [0, 0.1) is 5.92 Å². The summed E-state index contributed by atoms with van der Waals surface area (Å²) in [6, 6.07) is 2.25. The molecule has 20 heavy (non-hydrogen) atoms. The van der Waals surface area contributed by atoms with Crippen molar-refractivity contribution in [1.82, 2.24) is 5.32 Å².